The summed E-state index contributed by atoms with van der Waals surface area (Å²) in [4.78, 5) is 11.6. The summed E-state index contributed by atoms with van der Waals surface area (Å²) in [6, 6.07) is 5.19. The molecule has 5 nitrogen and oxygen atoms in total. The van der Waals surface area contributed by atoms with Crippen LogP contribution in [-0.4, -0.2) is 18.7 Å². The van der Waals surface area contributed by atoms with Crippen LogP contribution in [0.2, 0.25) is 0 Å². The Morgan fingerprint density at radius 1 is 1.44 bits per heavy atom. The van der Waals surface area contributed by atoms with Crippen LogP contribution in [0, 0.1) is 0 Å². The first kappa shape index (κ1) is 12.7. The Hall–Kier alpha value is -1.75. The molecule has 18 heavy (non-hydrogen) atoms. The van der Waals surface area contributed by atoms with Crippen LogP contribution in [0.25, 0.3) is 0 Å². The van der Waals surface area contributed by atoms with E-state index in [1.807, 2.05) is 25.1 Å². The Morgan fingerprint density at radius 2 is 2.22 bits per heavy atom. The fraction of sp³-hybridized carbons (Fsp3) is 0.462. The molecular formula is C13H18N2O3. The number of nitrogens with two attached hydrogens (primary N) is 1. The fourth-order valence-electron chi connectivity index (χ4n) is 1.81. The summed E-state index contributed by atoms with van der Waals surface area (Å²) >= 11 is 0. The fourth-order valence-corrected chi connectivity index (χ4v) is 1.81. The van der Waals surface area contributed by atoms with Crippen LogP contribution in [-0.2, 0) is 11.3 Å². The second kappa shape index (κ2) is 5.73. The average molecular weight is 250 g/mol. The first-order valence-electron chi connectivity index (χ1n) is 6.12. The largest absolute Gasteiger partial charge is 0.454 e. The zero-order valence-corrected chi connectivity index (χ0v) is 10.4. The van der Waals surface area contributed by atoms with Crippen LogP contribution in [0.4, 0.5) is 0 Å². The van der Waals surface area contributed by atoms with Gasteiger partial charge in [-0.1, -0.05) is 19.4 Å². The van der Waals surface area contributed by atoms with Gasteiger partial charge in [0.05, 0.1) is 6.04 Å². The minimum atomic E-state index is -0.427. The van der Waals surface area contributed by atoms with Gasteiger partial charge in [0.15, 0.2) is 11.5 Å². The number of hydrogen-bond acceptors (Lipinski definition) is 4. The maximum atomic E-state index is 11.6. The second-order valence-electron chi connectivity index (χ2n) is 4.30. The van der Waals surface area contributed by atoms with Crippen LogP contribution in [0.5, 0.6) is 11.5 Å². The first-order chi connectivity index (χ1) is 8.70. The molecule has 3 N–H and O–H groups in total. The highest BCUT2D eigenvalue weighted by Crippen LogP contribution is 2.32. The molecule has 5 heteroatoms. The summed E-state index contributed by atoms with van der Waals surface area (Å²) in [6.45, 7) is 2.71. The van der Waals surface area contributed by atoms with Crippen molar-refractivity contribution in [2.24, 2.45) is 5.73 Å². The normalized spacial score (nSPS) is 14.3. The van der Waals surface area contributed by atoms with E-state index in [1.54, 1.807) is 0 Å². The summed E-state index contributed by atoms with van der Waals surface area (Å²) in [5.41, 5.74) is 6.69. The zero-order chi connectivity index (χ0) is 13.0. The van der Waals surface area contributed by atoms with Gasteiger partial charge in [-0.15, -0.1) is 0 Å². The number of ether oxygens (including phenoxy) is 2. The van der Waals surface area contributed by atoms with Crippen LogP contribution < -0.4 is 20.5 Å². The van der Waals surface area contributed by atoms with Gasteiger partial charge >= 0.3 is 0 Å². The second-order valence-corrected chi connectivity index (χ2v) is 4.30. The molecule has 0 unspecified atom stereocenters. The number of carbonyl (C=O) groups is 1. The van der Waals surface area contributed by atoms with E-state index in [4.69, 9.17) is 15.2 Å². The summed E-state index contributed by atoms with van der Waals surface area (Å²) in [7, 11) is 0. The standard InChI is InChI=1S/C13H18N2O3/c1-2-3-10(14)13(16)15-7-9-4-5-11-12(6-9)18-8-17-11/h4-6,10H,2-3,7-8,14H2,1H3,(H,15,16)/t10-/m0/s1. The van der Waals surface area contributed by atoms with Crippen LogP contribution in [0.15, 0.2) is 18.2 Å². The van der Waals surface area contributed by atoms with Crippen LogP contribution >= 0.6 is 0 Å². The quantitative estimate of drug-likeness (QED) is 0.822. The molecule has 1 amide bonds. The summed E-state index contributed by atoms with van der Waals surface area (Å²) in [6.07, 6.45) is 1.60. The minimum Gasteiger partial charge on any atom is -0.454 e. The Morgan fingerprint density at radius 3 is 3.00 bits per heavy atom. The smallest absolute Gasteiger partial charge is 0.237 e. The Balaban J connectivity index is 1.88. The van der Waals surface area contributed by atoms with E-state index >= 15 is 0 Å². The summed E-state index contributed by atoms with van der Waals surface area (Å²) < 4.78 is 10.5. The number of rotatable bonds is 5. The zero-order valence-electron chi connectivity index (χ0n) is 10.4. The number of benzene rings is 1. The lowest BCUT2D eigenvalue weighted by Gasteiger charge is -2.11. The van der Waals surface area contributed by atoms with E-state index in [9.17, 15) is 4.79 Å². The Bertz CT molecular complexity index is 434. The van der Waals surface area contributed by atoms with Gasteiger partial charge in [0.2, 0.25) is 12.7 Å². The van der Waals surface area contributed by atoms with Crippen LogP contribution in [0.1, 0.15) is 25.3 Å². The lowest BCUT2D eigenvalue weighted by atomic mass is 10.1. The lowest BCUT2D eigenvalue weighted by molar-refractivity contribution is -0.122. The minimum absolute atomic E-state index is 0.116. The highest BCUT2D eigenvalue weighted by molar-refractivity contribution is 5.81. The van der Waals surface area contributed by atoms with Gasteiger partial charge in [0.1, 0.15) is 0 Å². The molecule has 1 aliphatic heterocycles. The van der Waals surface area contributed by atoms with Crippen molar-refractivity contribution in [3.05, 3.63) is 23.8 Å². The molecule has 1 aliphatic rings. The number of carbonyl (C=O) groups excluding carboxylic acids is 1. The highest BCUT2D eigenvalue weighted by atomic mass is 16.7. The van der Waals surface area contributed by atoms with E-state index < -0.39 is 6.04 Å². The third kappa shape index (κ3) is 2.92. The topological polar surface area (TPSA) is 73.6 Å². The lowest BCUT2D eigenvalue weighted by Crippen LogP contribution is -2.40. The van der Waals surface area contributed by atoms with Gasteiger partial charge < -0.3 is 20.5 Å². The summed E-state index contributed by atoms with van der Waals surface area (Å²) in [5, 5.41) is 2.81. The van der Waals surface area contributed by atoms with Crippen molar-refractivity contribution in [3.63, 3.8) is 0 Å². The molecule has 0 bridgehead atoms. The molecule has 0 saturated carbocycles. The monoisotopic (exact) mass is 250 g/mol. The van der Waals surface area contributed by atoms with Crippen molar-refractivity contribution >= 4 is 5.91 Å². The van der Waals surface area contributed by atoms with Gasteiger partial charge in [0, 0.05) is 6.54 Å². The molecule has 0 spiro atoms. The maximum absolute atomic E-state index is 11.6. The Kier molecular flexibility index (Phi) is 4.04. The molecule has 1 aromatic rings. The molecule has 0 saturated heterocycles. The molecule has 98 valence electrons. The summed E-state index contributed by atoms with van der Waals surface area (Å²) in [5.74, 6) is 1.35. The molecule has 0 aliphatic carbocycles. The predicted octanol–water partition coefficient (Wildman–Crippen LogP) is 1.16. The third-order valence-corrected chi connectivity index (χ3v) is 2.84. The molecule has 0 aromatic heterocycles. The molecule has 0 fully saturated rings. The number of fused-ring (bicyclic) bond motifs is 1. The van der Waals surface area contributed by atoms with Gasteiger partial charge in [-0.2, -0.15) is 0 Å². The van der Waals surface area contributed by atoms with Gasteiger partial charge in [-0.3, -0.25) is 4.79 Å². The Labute approximate surface area is 106 Å². The van der Waals surface area contributed by atoms with Crippen molar-refractivity contribution < 1.29 is 14.3 Å². The number of nitrogens with one attached hydrogen (secondary N) is 1. The number of amides is 1. The van der Waals surface area contributed by atoms with Crippen LogP contribution in [0.3, 0.4) is 0 Å². The van der Waals surface area contributed by atoms with E-state index in [0.29, 0.717) is 13.0 Å². The van der Waals surface area contributed by atoms with E-state index in [1.165, 1.54) is 0 Å². The molecule has 0 radical (unpaired) electrons. The van der Waals surface area contributed by atoms with E-state index in [2.05, 4.69) is 5.32 Å². The first-order valence-corrected chi connectivity index (χ1v) is 6.12. The van der Waals surface area contributed by atoms with Crippen molar-refractivity contribution in [2.45, 2.75) is 32.4 Å². The SMILES string of the molecule is CCC[C@H](N)C(=O)NCc1ccc2c(c1)OCO2. The number of hydrogen-bond donors (Lipinski definition) is 2. The van der Waals surface area contributed by atoms with E-state index in [-0.39, 0.29) is 12.7 Å². The van der Waals surface area contributed by atoms with Gasteiger partial charge in [-0.25, -0.2) is 0 Å². The van der Waals surface area contributed by atoms with Crippen molar-refractivity contribution in [1.82, 2.24) is 5.32 Å². The third-order valence-electron chi connectivity index (χ3n) is 2.84. The molecule has 1 heterocycles. The molecule has 2 rings (SSSR count). The van der Waals surface area contributed by atoms with Crippen molar-refractivity contribution in [3.8, 4) is 11.5 Å². The van der Waals surface area contributed by atoms with Gasteiger partial charge in [0.25, 0.3) is 0 Å². The predicted molar refractivity (Wildman–Crippen MR) is 67.3 cm³/mol. The molecule has 1 aromatic carbocycles. The highest BCUT2D eigenvalue weighted by Gasteiger charge is 2.15. The van der Waals surface area contributed by atoms with Gasteiger partial charge in [-0.05, 0) is 24.1 Å². The maximum Gasteiger partial charge on any atom is 0.237 e. The molecular weight excluding hydrogens is 232 g/mol. The van der Waals surface area contributed by atoms with Crippen molar-refractivity contribution in [2.75, 3.05) is 6.79 Å². The van der Waals surface area contributed by atoms with Crippen molar-refractivity contribution in [1.29, 1.82) is 0 Å². The van der Waals surface area contributed by atoms with E-state index in [0.717, 1.165) is 23.5 Å². The molecule has 1 atom stereocenters. The average Bonchev–Trinajstić information content (AvgIpc) is 2.83.